The number of hydrogen-bond donors (Lipinski definition) is 3. The molecule has 0 fully saturated rings. The van der Waals surface area contributed by atoms with E-state index in [0.29, 0.717) is 6.42 Å². The van der Waals surface area contributed by atoms with Crippen LogP contribution in [0.15, 0.2) is 67.1 Å². The first-order chi connectivity index (χ1) is 21.2. The van der Waals surface area contributed by atoms with Crippen LogP contribution in [0.4, 0.5) is 10.6 Å². The Kier molecular flexibility index (Phi) is 10.3. The molecule has 240 valence electrons. The predicted octanol–water partition coefficient (Wildman–Crippen LogP) is 3.90. The average molecular weight is 620 g/mol. The fourth-order valence-corrected chi connectivity index (χ4v) is 4.98. The smallest absolute Gasteiger partial charge is 0.408 e. The van der Waals surface area contributed by atoms with Crippen LogP contribution in [0.3, 0.4) is 0 Å². The summed E-state index contributed by atoms with van der Waals surface area (Å²) < 4.78 is 18.5. The van der Waals surface area contributed by atoms with Crippen LogP contribution < -0.4 is 16.0 Å². The highest BCUT2D eigenvalue weighted by molar-refractivity contribution is 5.98. The number of carbonyl (C=O) groups excluding carboxylic acids is 4. The number of ether oxygens (including phenoxy) is 3. The number of rotatable bonds is 11. The summed E-state index contributed by atoms with van der Waals surface area (Å²) in [5, 5.41) is 8.01. The van der Waals surface area contributed by atoms with Gasteiger partial charge in [0.15, 0.2) is 5.82 Å². The van der Waals surface area contributed by atoms with Crippen LogP contribution in [0.1, 0.15) is 64.3 Å². The maximum Gasteiger partial charge on any atom is 0.408 e. The number of imidazole rings is 1. The van der Waals surface area contributed by atoms with Gasteiger partial charge in [0.1, 0.15) is 23.3 Å². The van der Waals surface area contributed by atoms with Crippen molar-refractivity contribution in [2.45, 2.75) is 83.9 Å². The normalized spacial score (nSPS) is 16.7. The van der Waals surface area contributed by atoms with Gasteiger partial charge in [0.25, 0.3) is 5.91 Å². The van der Waals surface area contributed by atoms with E-state index in [-0.39, 0.29) is 31.0 Å². The highest BCUT2D eigenvalue weighted by atomic mass is 16.6. The zero-order valence-corrected chi connectivity index (χ0v) is 26.5. The van der Waals surface area contributed by atoms with Gasteiger partial charge in [-0.3, -0.25) is 14.4 Å². The highest BCUT2D eigenvalue weighted by Crippen LogP contribution is 2.36. The molecule has 1 heterocycles. The summed E-state index contributed by atoms with van der Waals surface area (Å²) in [4.78, 5) is 55.4. The summed E-state index contributed by atoms with van der Waals surface area (Å²) in [6, 6.07) is 15.8. The molecule has 3 atom stereocenters. The molecule has 1 aliphatic carbocycles. The van der Waals surface area contributed by atoms with E-state index in [1.165, 1.54) is 20.8 Å². The van der Waals surface area contributed by atoms with Crippen molar-refractivity contribution in [2.24, 2.45) is 0 Å². The lowest BCUT2D eigenvalue weighted by Gasteiger charge is -2.29. The summed E-state index contributed by atoms with van der Waals surface area (Å²) in [5.74, 6) is -1.34. The van der Waals surface area contributed by atoms with Crippen LogP contribution in [0.5, 0.6) is 0 Å². The third-order valence-electron chi connectivity index (χ3n) is 7.04. The zero-order chi connectivity index (χ0) is 32.8. The molecule has 45 heavy (non-hydrogen) atoms. The molecule has 1 aliphatic rings. The van der Waals surface area contributed by atoms with E-state index < -0.39 is 41.2 Å². The Morgan fingerprint density at radius 3 is 2.38 bits per heavy atom. The minimum atomic E-state index is -1.41. The molecule has 0 aliphatic heterocycles. The van der Waals surface area contributed by atoms with E-state index in [9.17, 15) is 19.2 Å². The van der Waals surface area contributed by atoms with Crippen LogP contribution in [-0.4, -0.2) is 63.3 Å². The van der Waals surface area contributed by atoms with Crippen molar-refractivity contribution < 1.29 is 33.4 Å². The lowest BCUT2D eigenvalue weighted by molar-refractivity contribution is -0.147. The van der Waals surface area contributed by atoms with E-state index >= 15 is 0 Å². The lowest BCUT2D eigenvalue weighted by Crippen LogP contribution is -2.59. The van der Waals surface area contributed by atoms with Gasteiger partial charge in [-0.25, -0.2) is 9.78 Å². The number of aromatic nitrogens is 2. The van der Waals surface area contributed by atoms with Crippen LogP contribution in [0, 0.1) is 0 Å². The molecule has 1 aromatic heterocycles. The number of esters is 1. The molecular formula is C33H41N5O7. The summed E-state index contributed by atoms with van der Waals surface area (Å²) in [5.41, 5.74) is 0.788. The molecule has 1 unspecified atom stereocenters. The van der Waals surface area contributed by atoms with Crippen molar-refractivity contribution in [1.29, 1.82) is 0 Å². The first kappa shape index (κ1) is 33.2. The predicted molar refractivity (Wildman–Crippen MR) is 166 cm³/mol. The lowest BCUT2D eigenvalue weighted by atomic mass is 10.0. The van der Waals surface area contributed by atoms with Gasteiger partial charge in [0.2, 0.25) is 5.91 Å². The van der Waals surface area contributed by atoms with Crippen molar-refractivity contribution in [3.8, 4) is 0 Å². The molecule has 12 nitrogen and oxygen atoms in total. The first-order valence-corrected chi connectivity index (χ1v) is 14.7. The summed E-state index contributed by atoms with van der Waals surface area (Å²) in [7, 11) is 0. The van der Waals surface area contributed by atoms with Crippen molar-refractivity contribution in [3.05, 3.63) is 83.8 Å². The average Bonchev–Trinajstić information content (AvgIpc) is 3.54. The Hall–Kier alpha value is -4.71. The number of benzene rings is 2. The number of hydrogen-bond acceptors (Lipinski definition) is 8. The number of alkyl carbamates (subject to hydrolysis) is 1. The molecule has 12 heteroatoms. The molecular weight excluding hydrogens is 578 g/mol. The Balaban J connectivity index is 1.49. The van der Waals surface area contributed by atoms with Crippen molar-refractivity contribution in [3.63, 3.8) is 0 Å². The van der Waals surface area contributed by atoms with Crippen molar-refractivity contribution in [1.82, 2.24) is 20.2 Å². The summed E-state index contributed by atoms with van der Waals surface area (Å²) in [6.45, 7) is 9.60. The van der Waals surface area contributed by atoms with E-state index in [1.807, 2.05) is 54.6 Å². The fourth-order valence-electron chi connectivity index (χ4n) is 4.98. The van der Waals surface area contributed by atoms with E-state index in [4.69, 9.17) is 14.2 Å². The van der Waals surface area contributed by atoms with Gasteiger partial charge in [-0.05, 0) is 51.3 Å². The third-order valence-corrected chi connectivity index (χ3v) is 7.04. The van der Waals surface area contributed by atoms with Gasteiger partial charge >= 0.3 is 12.1 Å². The Morgan fingerprint density at radius 1 is 1.00 bits per heavy atom. The van der Waals surface area contributed by atoms with Gasteiger partial charge in [-0.15, -0.1) is 0 Å². The number of amides is 3. The van der Waals surface area contributed by atoms with E-state index in [0.717, 1.165) is 16.7 Å². The second kappa shape index (κ2) is 13.9. The third kappa shape index (κ3) is 9.15. The minimum Gasteiger partial charge on any atom is -0.460 e. The quantitative estimate of drug-likeness (QED) is 0.274. The molecule has 2 aromatic carbocycles. The molecule has 0 bridgehead atoms. The number of anilines is 1. The van der Waals surface area contributed by atoms with Gasteiger partial charge < -0.3 is 34.7 Å². The number of carbonyl (C=O) groups is 4. The second-order valence-corrected chi connectivity index (χ2v) is 12.5. The maximum absolute atomic E-state index is 13.5. The molecule has 4 rings (SSSR count). The summed E-state index contributed by atoms with van der Waals surface area (Å²) >= 11 is 0. The van der Waals surface area contributed by atoms with E-state index in [2.05, 4.69) is 20.9 Å². The first-order valence-electron chi connectivity index (χ1n) is 14.7. The van der Waals surface area contributed by atoms with Crippen LogP contribution >= 0.6 is 0 Å². The largest absolute Gasteiger partial charge is 0.460 e. The molecule has 3 aromatic rings. The molecule has 3 amide bonds. The van der Waals surface area contributed by atoms with Crippen LogP contribution in [0.25, 0.3) is 0 Å². The molecule has 0 saturated heterocycles. The van der Waals surface area contributed by atoms with Gasteiger partial charge in [-0.2, -0.15) is 0 Å². The van der Waals surface area contributed by atoms with E-state index in [1.54, 1.807) is 37.9 Å². The van der Waals surface area contributed by atoms with Crippen LogP contribution in [-0.2, 0) is 41.6 Å². The SMILES string of the molecule is CC(=O)O[C@@H]1Cc2ccccc2C1n1cnc(NC(=O)[C@@H](COCc2ccccc2)NC(=O)C(C)(C)NC(=O)OC(C)(C)C)c1. The van der Waals surface area contributed by atoms with Crippen molar-refractivity contribution in [2.75, 3.05) is 11.9 Å². The monoisotopic (exact) mass is 619 g/mol. The zero-order valence-electron chi connectivity index (χ0n) is 26.5. The summed E-state index contributed by atoms with van der Waals surface area (Å²) in [6.07, 6.45) is 2.57. The molecule has 0 radical (unpaired) electrons. The molecule has 0 saturated carbocycles. The standard InChI is InChI=1S/C33H41N5O7/c1-21(39)44-26-16-23-14-10-11-15-24(23)28(26)38-17-27(34-20-38)36-29(40)25(19-43-18-22-12-8-7-9-13-22)35-30(41)33(5,6)37-31(42)45-32(2,3)4/h7-15,17,20,25-26,28H,16,18-19H2,1-6H3,(H,35,41)(H,36,40)(H,37,42)/t25-,26-,28?/m1/s1. The highest BCUT2D eigenvalue weighted by Gasteiger charge is 2.37. The van der Waals surface area contributed by atoms with Crippen LogP contribution in [0.2, 0.25) is 0 Å². The van der Waals surface area contributed by atoms with Gasteiger partial charge in [0, 0.05) is 19.5 Å². The fraction of sp³-hybridized carbons (Fsp3) is 0.424. The Bertz CT molecular complexity index is 1510. The van der Waals surface area contributed by atoms with Gasteiger partial charge in [-0.1, -0.05) is 54.6 Å². The number of fused-ring (bicyclic) bond motifs is 1. The number of nitrogens with one attached hydrogen (secondary N) is 3. The molecule has 3 N–H and O–H groups in total. The minimum absolute atomic E-state index is 0.153. The maximum atomic E-state index is 13.5. The Labute approximate surface area is 262 Å². The van der Waals surface area contributed by atoms with Crippen molar-refractivity contribution >= 4 is 29.7 Å². The topological polar surface area (TPSA) is 150 Å². The van der Waals surface area contributed by atoms with Gasteiger partial charge in [0.05, 0.1) is 25.6 Å². The Morgan fingerprint density at radius 2 is 1.69 bits per heavy atom. The second-order valence-electron chi connectivity index (χ2n) is 12.5. The number of nitrogens with zero attached hydrogens (tertiary/aromatic N) is 2. The molecule has 0 spiro atoms.